The standard InChI is InChI=1S/C21H23N3O2S/c1-3-8-18(16-10-5-4-6-11-16)22-19(25)14-27-21-24-23-20(26-21)17-12-7-9-15(2)13-17/h4-7,9-13,18H,3,8,14H2,1-2H3,(H,22,25)/t18-/m1/s1. The van der Waals surface area contributed by atoms with Crippen LogP contribution >= 0.6 is 11.8 Å². The van der Waals surface area contributed by atoms with Crippen LogP contribution in [0.4, 0.5) is 0 Å². The number of carbonyl (C=O) groups excluding carboxylic acids is 1. The van der Waals surface area contributed by atoms with Gasteiger partial charge in [0.05, 0.1) is 11.8 Å². The zero-order valence-corrected chi connectivity index (χ0v) is 16.3. The fourth-order valence-corrected chi connectivity index (χ4v) is 3.40. The van der Waals surface area contributed by atoms with Gasteiger partial charge >= 0.3 is 0 Å². The Morgan fingerprint density at radius 2 is 1.96 bits per heavy atom. The van der Waals surface area contributed by atoms with E-state index in [4.69, 9.17) is 4.42 Å². The Morgan fingerprint density at radius 1 is 1.15 bits per heavy atom. The van der Waals surface area contributed by atoms with Gasteiger partial charge in [0.25, 0.3) is 5.22 Å². The number of thioether (sulfide) groups is 1. The molecule has 140 valence electrons. The topological polar surface area (TPSA) is 68.0 Å². The molecule has 0 saturated heterocycles. The van der Waals surface area contributed by atoms with Crippen LogP contribution in [0.15, 0.2) is 64.2 Å². The molecule has 1 amide bonds. The summed E-state index contributed by atoms with van der Waals surface area (Å²) in [6.07, 6.45) is 1.90. The van der Waals surface area contributed by atoms with Gasteiger partial charge in [0.1, 0.15) is 0 Å². The summed E-state index contributed by atoms with van der Waals surface area (Å²) in [7, 11) is 0. The van der Waals surface area contributed by atoms with Crippen molar-refractivity contribution in [3.63, 3.8) is 0 Å². The highest BCUT2D eigenvalue weighted by molar-refractivity contribution is 7.99. The van der Waals surface area contributed by atoms with Crippen LogP contribution in [0.2, 0.25) is 0 Å². The molecule has 2 aromatic carbocycles. The third-order valence-electron chi connectivity index (χ3n) is 4.11. The molecule has 0 aliphatic carbocycles. The largest absolute Gasteiger partial charge is 0.411 e. The van der Waals surface area contributed by atoms with Crippen LogP contribution in [0.3, 0.4) is 0 Å². The minimum absolute atomic E-state index is 0.0230. The maximum atomic E-state index is 12.4. The summed E-state index contributed by atoms with van der Waals surface area (Å²) >= 11 is 1.25. The molecule has 0 aliphatic rings. The number of aromatic nitrogens is 2. The van der Waals surface area contributed by atoms with Crippen molar-refractivity contribution >= 4 is 17.7 Å². The zero-order valence-electron chi connectivity index (χ0n) is 15.5. The smallest absolute Gasteiger partial charge is 0.277 e. The molecular formula is C21H23N3O2S. The van der Waals surface area contributed by atoms with Gasteiger partial charge in [0.2, 0.25) is 11.8 Å². The molecule has 3 aromatic rings. The summed E-state index contributed by atoms with van der Waals surface area (Å²) < 4.78 is 5.67. The highest BCUT2D eigenvalue weighted by Gasteiger charge is 2.15. The van der Waals surface area contributed by atoms with Gasteiger partial charge in [-0.1, -0.05) is 73.1 Å². The number of hydrogen-bond donors (Lipinski definition) is 1. The fraction of sp³-hybridized carbons (Fsp3) is 0.286. The molecule has 1 N–H and O–H groups in total. The number of amides is 1. The van der Waals surface area contributed by atoms with Crippen LogP contribution in [0.25, 0.3) is 11.5 Å². The van der Waals surface area contributed by atoms with Gasteiger partial charge in [-0.25, -0.2) is 0 Å². The summed E-state index contributed by atoms with van der Waals surface area (Å²) in [5.41, 5.74) is 3.13. The SMILES string of the molecule is CCC[C@@H](NC(=O)CSc1nnc(-c2cccc(C)c2)o1)c1ccccc1. The molecule has 0 spiro atoms. The predicted octanol–water partition coefficient (Wildman–Crippen LogP) is 4.79. The molecule has 0 unspecified atom stereocenters. The molecule has 3 rings (SSSR count). The van der Waals surface area contributed by atoms with E-state index >= 15 is 0 Å². The summed E-state index contributed by atoms with van der Waals surface area (Å²) in [6.45, 7) is 4.13. The molecule has 5 nitrogen and oxygen atoms in total. The van der Waals surface area contributed by atoms with Gasteiger partial charge in [-0.2, -0.15) is 0 Å². The quantitative estimate of drug-likeness (QED) is 0.568. The lowest BCUT2D eigenvalue weighted by atomic mass is 10.0. The number of hydrogen-bond acceptors (Lipinski definition) is 5. The lowest BCUT2D eigenvalue weighted by Crippen LogP contribution is -2.29. The highest BCUT2D eigenvalue weighted by atomic mass is 32.2. The second-order valence-electron chi connectivity index (χ2n) is 6.35. The third kappa shape index (κ3) is 5.44. The van der Waals surface area contributed by atoms with Crippen LogP contribution < -0.4 is 5.32 Å². The van der Waals surface area contributed by atoms with Crippen molar-refractivity contribution in [1.29, 1.82) is 0 Å². The van der Waals surface area contributed by atoms with Crippen molar-refractivity contribution in [3.8, 4) is 11.5 Å². The monoisotopic (exact) mass is 381 g/mol. The molecular weight excluding hydrogens is 358 g/mol. The van der Waals surface area contributed by atoms with Gasteiger partial charge in [0.15, 0.2) is 0 Å². The van der Waals surface area contributed by atoms with Crippen LogP contribution in [0, 0.1) is 6.92 Å². The van der Waals surface area contributed by atoms with Crippen molar-refractivity contribution in [2.45, 2.75) is 38.0 Å². The number of nitrogens with zero attached hydrogens (tertiary/aromatic N) is 2. The average molecular weight is 382 g/mol. The van der Waals surface area contributed by atoms with E-state index in [1.54, 1.807) is 0 Å². The molecule has 0 radical (unpaired) electrons. The highest BCUT2D eigenvalue weighted by Crippen LogP contribution is 2.24. The first-order valence-corrected chi connectivity index (χ1v) is 10.0. The van der Waals surface area contributed by atoms with E-state index in [0.717, 1.165) is 29.5 Å². The van der Waals surface area contributed by atoms with Crippen LogP contribution in [-0.2, 0) is 4.79 Å². The summed E-state index contributed by atoms with van der Waals surface area (Å²) in [6, 6.07) is 17.9. The van der Waals surface area contributed by atoms with Crippen LogP contribution in [0.1, 0.15) is 36.9 Å². The summed E-state index contributed by atoms with van der Waals surface area (Å²) in [5, 5.41) is 11.6. The molecule has 1 heterocycles. The van der Waals surface area contributed by atoms with Crippen molar-refractivity contribution in [2.24, 2.45) is 0 Å². The van der Waals surface area contributed by atoms with E-state index in [-0.39, 0.29) is 17.7 Å². The third-order valence-corrected chi connectivity index (χ3v) is 4.93. The molecule has 0 fully saturated rings. The minimum atomic E-state index is -0.0439. The number of aryl methyl sites for hydroxylation is 1. The summed E-state index contributed by atoms with van der Waals surface area (Å²) in [5.74, 6) is 0.662. The lowest BCUT2D eigenvalue weighted by molar-refractivity contribution is -0.119. The van der Waals surface area contributed by atoms with Gasteiger partial charge in [0, 0.05) is 5.56 Å². The molecule has 0 bridgehead atoms. The van der Waals surface area contributed by atoms with Crippen molar-refractivity contribution in [1.82, 2.24) is 15.5 Å². The molecule has 1 aromatic heterocycles. The Morgan fingerprint density at radius 3 is 2.70 bits per heavy atom. The average Bonchev–Trinajstić information content (AvgIpc) is 3.16. The van der Waals surface area contributed by atoms with Crippen LogP contribution in [-0.4, -0.2) is 21.9 Å². The Hall–Kier alpha value is -2.60. The van der Waals surface area contributed by atoms with Crippen molar-refractivity contribution < 1.29 is 9.21 Å². The number of rotatable bonds is 8. The first-order valence-electron chi connectivity index (χ1n) is 9.03. The van der Waals surface area contributed by atoms with Crippen molar-refractivity contribution in [2.75, 3.05) is 5.75 Å². The molecule has 0 saturated carbocycles. The van der Waals surface area contributed by atoms with E-state index in [1.807, 2.05) is 61.5 Å². The van der Waals surface area contributed by atoms with Crippen molar-refractivity contribution in [3.05, 3.63) is 65.7 Å². The van der Waals surface area contributed by atoms with E-state index in [9.17, 15) is 4.79 Å². The minimum Gasteiger partial charge on any atom is -0.411 e. The van der Waals surface area contributed by atoms with E-state index in [1.165, 1.54) is 11.8 Å². The Kier molecular flexibility index (Phi) is 6.65. The lowest BCUT2D eigenvalue weighted by Gasteiger charge is -2.18. The fourth-order valence-electron chi connectivity index (χ4n) is 2.82. The van der Waals surface area contributed by atoms with E-state index < -0.39 is 0 Å². The first kappa shape index (κ1) is 19.2. The Balaban J connectivity index is 1.57. The maximum Gasteiger partial charge on any atom is 0.277 e. The van der Waals surface area contributed by atoms with Gasteiger partial charge in [-0.3, -0.25) is 4.79 Å². The summed E-state index contributed by atoms with van der Waals surface area (Å²) in [4.78, 5) is 12.4. The Labute approximate surface area is 163 Å². The second-order valence-corrected chi connectivity index (χ2v) is 7.28. The van der Waals surface area contributed by atoms with Gasteiger partial charge in [-0.15, -0.1) is 10.2 Å². The van der Waals surface area contributed by atoms with Crippen LogP contribution in [0.5, 0.6) is 0 Å². The normalized spacial score (nSPS) is 11.9. The first-order chi connectivity index (χ1) is 13.2. The Bertz CT molecular complexity index is 880. The number of nitrogens with one attached hydrogen (secondary N) is 1. The number of benzene rings is 2. The molecule has 27 heavy (non-hydrogen) atoms. The van der Waals surface area contributed by atoms with E-state index in [2.05, 4.69) is 22.4 Å². The predicted molar refractivity (Wildman–Crippen MR) is 107 cm³/mol. The molecule has 1 atom stereocenters. The van der Waals surface area contributed by atoms with Gasteiger partial charge < -0.3 is 9.73 Å². The maximum absolute atomic E-state index is 12.4. The number of carbonyl (C=O) groups is 1. The van der Waals surface area contributed by atoms with Gasteiger partial charge in [-0.05, 0) is 31.0 Å². The second kappa shape index (κ2) is 9.37. The zero-order chi connectivity index (χ0) is 19.1. The molecule has 0 aliphatic heterocycles. The van der Waals surface area contributed by atoms with E-state index in [0.29, 0.717) is 11.1 Å². The molecule has 6 heteroatoms.